The van der Waals surface area contributed by atoms with Crippen molar-refractivity contribution in [1.29, 1.82) is 0 Å². The van der Waals surface area contributed by atoms with Crippen molar-refractivity contribution in [1.82, 2.24) is 9.97 Å². The predicted molar refractivity (Wildman–Crippen MR) is 68.6 cm³/mol. The van der Waals surface area contributed by atoms with E-state index in [2.05, 4.69) is 31.2 Å². The first-order valence-corrected chi connectivity index (χ1v) is 5.66. The van der Waals surface area contributed by atoms with E-state index in [0.717, 1.165) is 0 Å². The molecule has 0 saturated heterocycles. The van der Waals surface area contributed by atoms with Gasteiger partial charge in [0, 0.05) is 5.69 Å². The highest BCUT2D eigenvalue weighted by molar-refractivity contribution is 9.10. The highest BCUT2D eigenvalue weighted by atomic mass is 79.9. The average molecular weight is 297 g/mol. The third kappa shape index (κ3) is 2.52. The smallest absolute Gasteiger partial charge is 0.150 e. The fourth-order valence-electron chi connectivity index (χ4n) is 1.28. The number of rotatable bonds is 2. The second-order valence-electron chi connectivity index (χ2n) is 3.51. The maximum Gasteiger partial charge on any atom is 0.150 e. The Bertz CT molecular complexity index is 559. The van der Waals surface area contributed by atoms with Crippen LogP contribution in [0.25, 0.3) is 0 Å². The van der Waals surface area contributed by atoms with Gasteiger partial charge in [0.25, 0.3) is 0 Å². The van der Waals surface area contributed by atoms with E-state index in [1.54, 1.807) is 19.1 Å². The minimum atomic E-state index is -0.270. The lowest BCUT2D eigenvalue weighted by Gasteiger charge is -2.08. The standard InChI is InChI=1S/C11H10BrFN4/c1-6-2-3-7(4-8(6)13)17-11-9(12)10(14)15-5-16-11/h2-5H,1H3,(H3,14,15,16,17). The van der Waals surface area contributed by atoms with Crippen molar-refractivity contribution in [3.63, 3.8) is 0 Å². The molecular formula is C11H10BrFN4. The average Bonchev–Trinajstić information content (AvgIpc) is 2.30. The molecule has 0 aliphatic carbocycles. The Morgan fingerprint density at radius 2 is 2.12 bits per heavy atom. The molecule has 4 nitrogen and oxygen atoms in total. The number of aromatic nitrogens is 2. The van der Waals surface area contributed by atoms with E-state index in [1.165, 1.54) is 12.4 Å². The fourth-order valence-corrected chi connectivity index (χ4v) is 1.58. The number of nitrogen functional groups attached to an aromatic ring is 1. The van der Waals surface area contributed by atoms with Crippen molar-refractivity contribution >= 4 is 33.3 Å². The van der Waals surface area contributed by atoms with Crippen LogP contribution in [0.3, 0.4) is 0 Å². The molecule has 1 heterocycles. The number of benzene rings is 1. The third-order valence-corrected chi connectivity index (χ3v) is 3.03. The summed E-state index contributed by atoms with van der Waals surface area (Å²) in [7, 11) is 0. The van der Waals surface area contributed by atoms with Crippen LogP contribution >= 0.6 is 15.9 Å². The quantitative estimate of drug-likeness (QED) is 0.894. The van der Waals surface area contributed by atoms with Crippen LogP contribution in [0.4, 0.5) is 21.7 Å². The summed E-state index contributed by atoms with van der Waals surface area (Å²) in [6.07, 6.45) is 1.34. The number of halogens is 2. The van der Waals surface area contributed by atoms with E-state index < -0.39 is 0 Å². The Morgan fingerprint density at radius 1 is 1.35 bits per heavy atom. The third-order valence-electron chi connectivity index (χ3n) is 2.25. The molecule has 0 aliphatic rings. The Balaban J connectivity index is 2.31. The number of nitrogens with one attached hydrogen (secondary N) is 1. The molecule has 88 valence electrons. The summed E-state index contributed by atoms with van der Waals surface area (Å²) < 4.78 is 13.9. The van der Waals surface area contributed by atoms with Crippen molar-refractivity contribution < 1.29 is 4.39 Å². The SMILES string of the molecule is Cc1ccc(Nc2ncnc(N)c2Br)cc1F. The molecule has 0 unspecified atom stereocenters. The minimum absolute atomic E-state index is 0.270. The van der Waals surface area contributed by atoms with E-state index in [0.29, 0.717) is 27.4 Å². The predicted octanol–water partition coefficient (Wildman–Crippen LogP) is 3.01. The van der Waals surface area contributed by atoms with E-state index in [9.17, 15) is 4.39 Å². The van der Waals surface area contributed by atoms with Crippen LogP contribution in [0.1, 0.15) is 5.56 Å². The van der Waals surface area contributed by atoms with E-state index in [-0.39, 0.29) is 5.82 Å². The van der Waals surface area contributed by atoms with Crippen molar-refractivity contribution in [3.8, 4) is 0 Å². The summed E-state index contributed by atoms with van der Waals surface area (Å²) in [6.45, 7) is 1.71. The summed E-state index contributed by atoms with van der Waals surface area (Å²) >= 11 is 3.26. The normalized spacial score (nSPS) is 10.3. The molecule has 2 rings (SSSR count). The summed E-state index contributed by atoms with van der Waals surface area (Å²) in [5.74, 6) is 0.559. The molecule has 17 heavy (non-hydrogen) atoms. The Kier molecular flexibility index (Phi) is 3.23. The summed E-state index contributed by atoms with van der Waals surface area (Å²) in [5.41, 5.74) is 6.81. The van der Waals surface area contributed by atoms with E-state index >= 15 is 0 Å². The van der Waals surface area contributed by atoms with Crippen molar-refractivity contribution in [2.45, 2.75) is 6.92 Å². The van der Waals surface area contributed by atoms with Gasteiger partial charge < -0.3 is 11.1 Å². The van der Waals surface area contributed by atoms with Crippen molar-refractivity contribution in [2.24, 2.45) is 0 Å². The highest BCUT2D eigenvalue weighted by Crippen LogP contribution is 2.27. The number of nitrogens with zero attached hydrogens (tertiary/aromatic N) is 2. The lowest BCUT2D eigenvalue weighted by Crippen LogP contribution is -2.00. The number of hydrogen-bond donors (Lipinski definition) is 2. The van der Waals surface area contributed by atoms with Gasteiger partial charge in [0.1, 0.15) is 28.3 Å². The molecule has 0 atom stereocenters. The molecule has 1 aromatic carbocycles. The molecular weight excluding hydrogens is 287 g/mol. The number of aryl methyl sites for hydroxylation is 1. The molecule has 0 fully saturated rings. The maximum absolute atomic E-state index is 13.4. The molecule has 6 heteroatoms. The molecule has 1 aromatic heterocycles. The van der Waals surface area contributed by atoms with Gasteiger partial charge in [-0.25, -0.2) is 14.4 Å². The van der Waals surface area contributed by atoms with E-state index in [4.69, 9.17) is 5.73 Å². The highest BCUT2D eigenvalue weighted by Gasteiger charge is 2.07. The van der Waals surface area contributed by atoms with Crippen LogP contribution in [0, 0.1) is 12.7 Å². The molecule has 2 aromatic rings. The molecule has 0 saturated carbocycles. The number of hydrogen-bond acceptors (Lipinski definition) is 4. The Labute approximate surface area is 106 Å². The fraction of sp³-hybridized carbons (Fsp3) is 0.0909. The van der Waals surface area contributed by atoms with Crippen LogP contribution in [-0.4, -0.2) is 9.97 Å². The van der Waals surface area contributed by atoms with Crippen LogP contribution in [-0.2, 0) is 0 Å². The monoisotopic (exact) mass is 296 g/mol. The van der Waals surface area contributed by atoms with Gasteiger partial charge in [0.15, 0.2) is 0 Å². The summed E-state index contributed by atoms with van der Waals surface area (Å²) in [6, 6.07) is 4.86. The van der Waals surface area contributed by atoms with Crippen molar-refractivity contribution in [3.05, 3.63) is 40.4 Å². The zero-order valence-corrected chi connectivity index (χ0v) is 10.6. The van der Waals surface area contributed by atoms with Crippen LogP contribution < -0.4 is 11.1 Å². The first-order valence-electron chi connectivity index (χ1n) is 4.87. The molecule has 0 aliphatic heterocycles. The van der Waals surface area contributed by atoms with Gasteiger partial charge in [-0.15, -0.1) is 0 Å². The molecule has 0 bridgehead atoms. The first kappa shape index (κ1) is 11.8. The Morgan fingerprint density at radius 3 is 2.82 bits per heavy atom. The van der Waals surface area contributed by atoms with E-state index in [1.807, 2.05) is 0 Å². The number of anilines is 3. The van der Waals surface area contributed by atoms with Gasteiger partial charge in [-0.05, 0) is 40.5 Å². The van der Waals surface area contributed by atoms with Crippen LogP contribution in [0.15, 0.2) is 29.0 Å². The van der Waals surface area contributed by atoms with Crippen molar-refractivity contribution in [2.75, 3.05) is 11.1 Å². The first-order chi connectivity index (χ1) is 8.08. The second-order valence-corrected chi connectivity index (χ2v) is 4.30. The van der Waals surface area contributed by atoms with Gasteiger partial charge in [-0.1, -0.05) is 6.07 Å². The maximum atomic E-state index is 13.4. The van der Waals surface area contributed by atoms with Crippen LogP contribution in [0.5, 0.6) is 0 Å². The lowest BCUT2D eigenvalue weighted by molar-refractivity contribution is 0.619. The summed E-state index contributed by atoms with van der Waals surface area (Å²) in [4.78, 5) is 7.83. The lowest BCUT2D eigenvalue weighted by atomic mass is 10.2. The minimum Gasteiger partial charge on any atom is -0.383 e. The van der Waals surface area contributed by atoms with Crippen LogP contribution in [0.2, 0.25) is 0 Å². The molecule has 0 radical (unpaired) electrons. The van der Waals surface area contributed by atoms with Gasteiger partial charge in [-0.2, -0.15) is 0 Å². The molecule has 0 spiro atoms. The zero-order valence-electron chi connectivity index (χ0n) is 9.04. The zero-order chi connectivity index (χ0) is 12.4. The topological polar surface area (TPSA) is 63.8 Å². The van der Waals surface area contributed by atoms with Gasteiger partial charge in [-0.3, -0.25) is 0 Å². The largest absolute Gasteiger partial charge is 0.383 e. The Hall–Kier alpha value is -1.69. The second kappa shape index (κ2) is 4.67. The van der Waals surface area contributed by atoms with Gasteiger partial charge in [0.05, 0.1) is 0 Å². The van der Waals surface area contributed by atoms with Gasteiger partial charge in [0.2, 0.25) is 0 Å². The molecule has 0 amide bonds. The number of nitrogens with two attached hydrogens (primary N) is 1. The molecule has 3 N–H and O–H groups in total. The van der Waals surface area contributed by atoms with Gasteiger partial charge >= 0.3 is 0 Å². The summed E-state index contributed by atoms with van der Waals surface area (Å²) in [5, 5.41) is 2.96.